The lowest BCUT2D eigenvalue weighted by Gasteiger charge is -2.29. The molecular formula is C28H31FN2O5. The van der Waals surface area contributed by atoms with Crippen molar-refractivity contribution >= 4 is 16.7 Å². The average molecular weight is 495 g/mol. The molecule has 190 valence electrons. The minimum Gasteiger partial charge on any atom is -0.389 e. The van der Waals surface area contributed by atoms with Crippen LogP contribution in [0.25, 0.3) is 10.9 Å². The van der Waals surface area contributed by atoms with Crippen molar-refractivity contribution in [1.29, 1.82) is 0 Å². The molecule has 2 aliphatic heterocycles. The molecular weight excluding hydrogens is 463 g/mol. The highest BCUT2D eigenvalue weighted by atomic mass is 19.1. The summed E-state index contributed by atoms with van der Waals surface area (Å²) in [5, 5.41) is 10.8. The molecule has 1 aromatic heterocycles. The first kappa shape index (κ1) is 24.7. The summed E-state index contributed by atoms with van der Waals surface area (Å²) in [4.78, 5) is 30.5. The van der Waals surface area contributed by atoms with Gasteiger partial charge in [0.1, 0.15) is 5.82 Å². The lowest BCUT2D eigenvalue weighted by Crippen LogP contribution is -2.39. The average Bonchev–Trinajstić information content (AvgIpc) is 2.82. The summed E-state index contributed by atoms with van der Waals surface area (Å²) in [5.74, 6) is -0.315. The van der Waals surface area contributed by atoms with Crippen molar-refractivity contribution in [2.24, 2.45) is 5.92 Å². The number of carbonyl (C=O) groups is 1. The Hall–Kier alpha value is -2.94. The number of ether oxygens (including phenoxy) is 2. The number of halogens is 1. The Balaban J connectivity index is 1.42. The Morgan fingerprint density at radius 1 is 1.17 bits per heavy atom. The van der Waals surface area contributed by atoms with Gasteiger partial charge in [-0.3, -0.25) is 14.2 Å². The van der Waals surface area contributed by atoms with E-state index in [1.807, 2.05) is 19.9 Å². The van der Waals surface area contributed by atoms with Gasteiger partial charge in [-0.05, 0) is 73.6 Å². The maximum Gasteiger partial charge on any atom is 0.261 e. The summed E-state index contributed by atoms with van der Waals surface area (Å²) in [6.45, 7) is 5.91. The molecule has 0 unspecified atom stereocenters. The maximum absolute atomic E-state index is 14.9. The fourth-order valence-electron chi connectivity index (χ4n) is 5.10. The fourth-order valence-corrected chi connectivity index (χ4v) is 5.10. The molecule has 2 aromatic carbocycles. The molecule has 1 N–H and O–H groups in total. The minimum absolute atomic E-state index is 0.118. The molecule has 0 bridgehead atoms. The second kappa shape index (κ2) is 10.2. The number of ketones is 1. The quantitative estimate of drug-likeness (QED) is 0.504. The molecule has 0 amide bonds. The van der Waals surface area contributed by atoms with E-state index in [0.29, 0.717) is 62.3 Å². The number of fused-ring (bicyclic) bond motifs is 1. The molecule has 8 heteroatoms. The lowest BCUT2D eigenvalue weighted by atomic mass is 9.93. The van der Waals surface area contributed by atoms with Crippen molar-refractivity contribution in [2.45, 2.75) is 51.7 Å². The summed E-state index contributed by atoms with van der Waals surface area (Å²) in [5.41, 5.74) is 4.04. The van der Waals surface area contributed by atoms with Crippen LogP contribution in [0, 0.1) is 25.6 Å². The first-order valence-electron chi connectivity index (χ1n) is 12.5. The Bertz CT molecular complexity index is 1360. The van der Waals surface area contributed by atoms with Crippen LogP contribution in [0.1, 0.15) is 57.9 Å². The van der Waals surface area contributed by atoms with Crippen LogP contribution in [0.4, 0.5) is 4.39 Å². The maximum atomic E-state index is 14.9. The zero-order valence-corrected chi connectivity index (χ0v) is 20.6. The number of hydrogen-bond donors (Lipinski definition) is 1. The van der Waals surface area contributed by atoms with Gasteiger partial charge in [-0.15, -0.1) is 0 Å². The van der Waals surface area contributed by atoms with Gasteiger partial charge >= 0.3 is 0 Å². The molecule has 3 heterocycles. The SMILES string of the molecule is Cc1c(Cc2ccc(C(=O)CCC3COC3)c(F)c2)cc2c(=O)n([C@H]3CCOC[C@@H]3O)cnc2c1C. The third-order valence-corrected chi connectivity index (χ3v) is 7.61. The van der Waals surface area contributed by atoms with Crippen LogP contribution in [0.3, 0.4) is 0 Å². The first-order chi connectivity index (χ1) is 17.3. The number of aliphatic hydroxyl groups is 1. The van der Waals surface area contributed by atoms with Gasteiger partial charge in [0.2, 0.25) is 0 Å². The second-order valence-electron chi connectivity index (χ2n) is 9.99. The number of aromatic nitrogens is 2. The number of benzene rings is 2. The first-order valence-corrected chi connectivity index (χ1v) is 12.5. The third-order valence-electron chi connectivity index (χ3n) is 7.61. The number of rotatable bonds is 7. The van der Waals surface area contributed by atoms with E-state index in [1.165, 1.54) is 17.0 Å². The summed E-state index contributed by atoms with van der Waals surface area (Å²) in [6.07, 6.45) is 2.72. The van der Waals surface area contributed by atoms with Crippen molar-refractivity contribution in [3.8, 4) is 0 Å². The normalized spacial score (nSPS) is 20.4. The molecule has 2 aliphatic rings. The summed E-state index contributed by atoms with van der Waals surface area (Å²) >= 11 is 0. The largest absolute Gasteiger partial charge is 0.389 e. The van der Waals surface area contributed by atoms with Gasteiger partial charge in [0.15, 0.2) is 5.78 Å². The van der Waals surface area contributed by atoms with Gasteiger partial charge < -0.3 is 14.6 Å². The van der Waals surface area contributed by atoms with E-state index in [4.69, 9.17) is 9.47 Å². The standard InChI is InChI=1S/C28H31FN2O5/c1-16-17(2)27-22(28(34)31(15-30-27)24-7-8-35-14-26(24)33)11-20(16)9-18-3-5-21(23(29)10-18)25(32)6-4-19-12-36-13-19/h3,5,10-11,15,19,24,26,33H,4,6-9,12-14H2,1-2H3/t24-,26-/m0/s1. The van der Waals surface area contributed by atoms with Crippen LogP contribution in [-0.4, -0.2) is 53.0 Å². The summed E-state index contributed by atoms with van der Waals surface area (Å²) in [6, 6.07) is 6.20. The number of aryl methyl sites for hydroxylation is 1. The molecule has 2 fully saturated rings. The highest BCUT2D eigenvalue weighted by Crippen LogP contribution is 2.27. The van der Waals surface area contributed by atoms with Gasteiger partial charge in [0.25, 0.3) is 5.56 Å². The number of hydrogen-bond acceptors (Lipinski definition) is 6. The van der Waals surface area contributed by atoms with Crippen LogP contribution in [0.5, 0.6) is 0 Å². The molecule has 2 saturated heterocycles. The van der Waals surface area contributed by atoms with E-state index in [0.717, 1.165) is 22.3 Å². The fraction of sp³-hybridized carbons (Fsp3) is 0.464. The van der Waals surface area contributed by atoms with Crippen molar-refractivity contribution in [1.82, 2.24) is 9.55 Å². The molecule has 0 radical (unpaired) electrons. The Kier molecular flexibility index (Phi) is 7.01. The van der Waals surface area contributed by atoms with Gasteiger partial charge in [0, 0.05) is 18.9 Å². The Labute approximate surface area is 208 Å². The Morgan fingerprint density at radius 3 is 2.67 bits per heavy atom. The van der Waals surface area contributed by atoms with E-state index in [2.05, 4.69) is 4.98 Å². The Morgan fingerprint density at radius 2 is 1.97 bits per heavy atom. The van der Waals surface area contributed by atoms with Crippen LogP contribution in [0.2, 0.25) is 0 Å². The topological polar surface area (TPSA) is 90.7 Å². The zero-order valence-electron chi connectivity index (χ0n) is 20.6. The van der Waals surface area contributed by atoms with Crippen molar-refractivity contribution in [3.63, 3.8) is 0 Å². The lowest BCUT2D eigenvalue weighted by molar-refractivity contribution is -0.0395. The molecule has 36 heavy (non-hydrogen) atoms. The van der Waals surface area contributed by atoms with Crippen molar-refractivity contribution in [3.05, 3.63) is 74.6 Å². The van der Waals surface area contributed by atoms with Crippen molar-refractivity contribution in [2.75, 3.05) is 26.4 Å². The van der Waals surface area contributed by atoms with Gasteiger partial charge in [-0.25, -0.2) is 9.37 Å². The van der Waals surface area contributed by atoms with Crippen LogP contribution in [-0.2, 0) is 15.9 Å². The van der Waals surface area contributed by atoms with E-state index in [-0.39, 0.29) is 29.6 Å². The second-order valence-corrected chi connectivity index (χ2v) is 9.99. The number of nitrogens with zero attached hydrogens (tertiary/aromatic N) is 2. The van der Waals surface area contributed by atoms with E-state index in [1.54, 1.807) is 12.1 Å². The van der Waals surface area contributed by atoms with Crippen LogP contribution < -0.4 is 5.56 Å². The monoisotopic (exact) mass is 494 g/mol. The van der Waals surface area contributed by atoms with E-state index < -0.39 is 11.9 Å². The molecule has 0 spiro atoms. The number of carbonyl (C=O) groups excluding carboxylic acids is 1. The summed E-state index contributed by atoms with van der Waals surface area (Å²) < 4.78 is 26.8. The molecule has 7 nitrogen and oxygen atoms in total. The molecule has 0 saturated carbocycles. The number of aliphatic hydroxyl groups excluding tert-OH is 1. The predicted molar refractivity (Wildman–Crippen MR) is 133 cm³/mol. The van der Waals surface area contributed by atoms with Crippen molar-refractivity contribution < 1.29 is 23.8 Å². The minimum atomic E-state index is -0.770. The van der Waals surface area contributed by atoms with Gasteiger partial charge in [-0.2, -0.15) is 0 Å². The van der Waals surface area contributed by atoms with Gasteiger partial charge in [0.05, 0.1) is 54.8 Å². The molecule has 0 aliphatic carbocycles. The number of Topliss-reactive ketones (excluding diaryl/α,β-unsaturated/α-hetero) is 1. The molecule has 5 rings (SSSR count). The van der Waals surface area contributed by atoms with E-state index >= 15 is 0 Å². The van der Waals surface area contributed by atoms with E-state index in [9.17, 15) is 19.1 Å². The zero-order chi connectivity index (χ0) is 25.4. The molecule has 2 atom stereocenters. The van der Waals surface area contributed by atoms with Gasteiger partial charge in [-0.1, -0.05) is 6.07 Å². The highest BCUT2D eigenvalue weighted by molar-refractivity contribution is 5.96. The molecule has 3 aromatic rings. The smallest absolute Gasteiger partial charge is 0.261 e. The highest BCUT2D eigenvalue weighted by Gasteiger charge is 2.27. The van der Waals surface area contributed by atoms with Crippen LogP contribution in [0.15, 0.2) is 35.4 Å². The predicted octanol–water partition coefficient (Wildman–Crippen LogP) is 3.67. The third kappa shape index (κ3) is 4.73. The summed E-state index contributed by atoms with van der Waals surface area (Å²) in [7, 11) is 0. The van der Waals surface area contributed by atoms with Crippen LogP contribution >= 0.6 is 0 Å².